The summed E-state index contributed by atoms with van der Waals surface area (Å²) in [5.41, 5.74) is 7.45. The van der Waals surface area contributed by atoms with Crippen LogP contribution >= 0.6 is 0 Å². The van der Waals surface area contributed by atoms with Crippen LogP contribution in [0.15, 0.2) is 36.5 Å². The van der Waals surface area contributed by atoms with Crippen LogP contribution in [0.2, 0.25) is 0 Å². The van der Waals surface area contributed by atoms with E-state index in [0.717, 1.165) is 0 Å². The molecule has 0 unspecified atom stereocenters. The molecule has 0 aliphatic rings. The molecule has 0 radical (unpaired) electrons. The second-order valence-corrected chi connectivity index (χ2v) is 4.56. The minimum Gasteiger partial charge on any atom is -0.508 e. The molecule has 0 atom stereocenters. The topological polar surface area (TPSA) is 71.5 Å². The highest BCUT2D eigenvalue weighted by molar-refractivity contribution is 5.93. The first-order valence-corrected chi connectivity index (χ1v) is 5.93. The zero-order valence-corrected chi connectivity index (χ0v) is 11.0. The van der Waals surface area contributed by atoms with Crippen molar-refractivity contribution in [3.8, 4) is 5.75 Å². The lowest BCUT2D eigenvalue weighted by molar-refractivity contribution is 0.0775. The lowest BCUT2D eigenvalue weighted by atomic mass is 10.2. The Labute approximate surface area is 111 Å². The molecule has 0 bridgehead atoms. The van der Waals surface area contributed by atoms with Crippen molar-refractivity contribution < 1.29 is 9.90 Å². The van der Waals surface area contributed by atoms with Gasteiger partial charge in [-0.25, -0.2) is 0 Å². The van der Waals surface area contributed by atoms with Crippen molar-refractivity contribution in [2.24, 2.45) is 7.05 Å². The Morgan fingerprint density at radius 2 is 2.11 bits per heavy atom. The molecule has 1 amide bonds. The van der Waals surface area contributed by atoms with Gasteiger partial charge in [-0.15, -0.1) is 0 Å². The van der Waals surface area contributed by atoms with E-state index in [0.29, 0.717) is 23.5 Å². The number of hydrogen-bond acceptors (Lipinski definition) is 3. The van der Waals surface area contributed by atoms with Gasteiger partial charge in [0.1, 0.15) is 11.4 Å². The molecule has 2 rings (SSSR count). The predicted octanol–water partition coefficient (Wildman–Crippen LogP) is 1.59. The van der Waals surface area contributed by atoms with Crippen molar-refractivity contribution in [1.82, 2.24) is 9.47 Å². The average molecular weight is 259 g/mol. The van der Waals surface area contributed by atoms with Gasteiger partial charge in [-0.05, 0) is 12.1 Å². The van der Waals surface area contributed by atoms with Crippen LogP contribution in [0.3, 0.4) is 0 Å². The molecule has 3 N–H and O–H groups in total. The van der Waals surface area contributed by atoms with Crippen LogP contribution in [0.5, 0.6) is 5.75 Å². The van der Waals surface area contributed by atoms with Gasteiger partial charge >= 0.3 is 0 Å². The molecule has 0 aliphatic heterocycles. The summed E-state index contributed by atoms with van der Waals surface area (Å²) in [6.45, 7) is 0.344. The maximum atomic E-state index is 12.3. The summed E-state index contributed by atoms with van der Waals surface area (Å²) in [5.74, 6) is 0.0519. The summed E-state index contributed by atoms with van der Waals surface area (Å²) < 4.78 is 1.69. The van der Waals surface area contributed by atoms with E-state index in [1.807, 2.05) is 6.07 Å². The molecule has 1 heterocycles. The summed E-state index contributed by atoms with van der Waals surface area (Å²) in [6, 6.07) is 8.61. The number of benzene rings is 1. The number of anilines is 1. The molecule has 0 aliphatic carbocycles. The monoisotopic (exact) mass is 259 g/mol. The van der Waals surface area contributed by atoms with Gasteiger partial charge in [0, 0.05) is 32.4 Å². The molecule has 2 aromatic rings. The minimum absolute atomic E-state index is 0.137. The highest BCUT2D eigenvalue weighted by atomic mass is 16.3. The third-order valence-electron chi connectivity index (χ3n) is 2.99. The lowest BCUT2D eigenvalue weighted by Crippen LogP contribution is -2.27. The average Bonchev–Trinajstić information content (AvgIpc) is 2.70. The Morgan fingerprint density at radius 3 is 2.68 bits per heavy atom. The highest BCUT2D eigenvalue weighted by Gasteiger charge is 2.16. The van der Waals surface area contributed by atoms with Gasteiger partial charge in [-0.1, -0.05) is 18.2 Å². The molecule has 0 fully saturated rings. The highest BCUT2D eigenvalue weighted by Crippen LogP contribution is 2.18. The Kier molecular flexibility index (Phi) is 3.46. The maximum absolute atomic E-state index is 12.3. The van der Waals surface area contributed by atoms with Crippen molar-refractivity contribution in [3.05, 3.63) is 47.8 Å². The van der Waals surface area contributed by atoms with Crippen molar-refractivity contribution in [2.75, 3.05) is 12.8 Å². The first-order valence-electron chi connectivity index (χ1n) is 5.93. The fourth-order valence-electron chi connectivity index (χ4n) is 1.97. The SMILES string of the molecule is CN(Cc1ccccc1O)C(=O)c1cc(N)cn1C. The van der Waals surface area contributed by atoms with Crippen LogP contribution in [0.1, 0.15) is 16.1 Å². The van der Waals surface area contributed by atoms with E-state index in [1.54, 1.807) is 54.0 Å². The number of aromatic hydroxyl groups is 1. The molecule has 0 spiro atoms. The third kappa shape index (κ3) is 2.70. The van der Waals surface area contributed by atoms with Crippen LogP contribution < -0.4 is 5.73 Å². The van der Waals surface area contributed by atoms with Gasteiger partial charge in [0.2, 0.25) is 0 Å². The third-order valence-corrected chi connectivity index (χ3v) is 2.99. The molecule has 5 heteroatoms. The summed E-state index contributed by atoms with van der Waals surface area (Å²) in [7, 11) is 3.47. The van der Waals surface area contributed by atoms with Gasteiger partial charge in [0.25, 0.3) is 5.91 Å². The summed E-state index contributed by atoms with van der Waals surface area (Å²) in [6.07, 6.45) is 1.70. The van der Waals surface area contributed by atoms with E-state index in [-0.39, 0.29) is 11.7 Å². The first-order chi connectivity index (χ1) is 8.99. The normalized spacial score (nSPS) is 10.4. The summed E-state index contributed by atoms with van der Waals surface area (Å²) in [4.78, 5) is 13.8. The molecular formula is C14H17N3O2. The molecule has 1 aromatic carbocycles. The second-order valence-electron chi connectivity index (χ2n) is 4.56. The Bertz CT molecular complexity index is 604. The van der Waals surface area contributed by atoms with Crippen molar-refractivity contribution in [1.29, 1.82) is 0 Å². The van der Waals surface area contributed by atoms with Crippen LogP contribution in [-0.2, 0) is 13.6 Å². The second kappa shape index (κ2) is 5.06. The van der Waals surface area contributed by atoms with Crippen molar-refractivity contribution in [3.63, 3.8) is 0 Å². The number of nitrogens with zero attached hydrogens (tertiary/aromatic N) is 2. The molecule has 1 aromatic heterocycles. The van der Waals surface area contributed by atoms with E-state index >= 15 is 0 Å². The van der Waals surface area contributed by atoms with Crippen molar-refractivity contribution in [2.45, 2.75) is 6.54 Å². The zero-order chi connectivity index (χ0) is 14.0. The van der Waals surface area contributed by atoms with Crippen LogP contribution in [0.25, 0.3) is 0 Å². The van der Waals surface area contributed by atoms with Crippen LogP contribution in [-0.4, -0.2) is 27.5 Å². The summed E-state index contributed by atoms with van der Waals surface area (Å²) in [5, 5.41) is 9.71. The zero-order valence-electron chi connectivity index (χ0n) is 11.0. The van der Waals surface area contributed by atoms with E-state index in [1.165, 1.54) is 0 Å². The number of hydrogen-bond donors (Lipinski definition) is 2. The molecule has 100 valence electrons. The number of para-hydroxylation sites is 1. The Balaban J connectivity index is 2.16. The molecule has 5 nitrogen and oxygen atoms in total. The first kappa shape index (κ1) is 13.0. The molecule has 0 saturated carbocycles. The number of phenolic OH excluding ortho intramolecular Hbond substituents is 1. The number of carbonyl (C=O) groups excluding carboxylic acids is 1. The van der Waals surface area contributed by atoms with E-state index in [2.05, 4.69) is 0 Å². The van der Waals surface area contributed by atoms with Gasteiger partial charge in [0.05, 0.1) is 5.69 Å². The smallest absolute Gasteiger partial charge is 0.270 e. The van der Waals surface area contributed by atoms with E-state index in [9.17, 15) is 9.90 Å². The predicted molar refractivity (Wildman–Crippen MR) is 73.7 cm³/mol. The number of aromatic nitrogens is 1. The fraction of sp³-hybridized carbons (Fsp3) is 0.214. The number of rotatable bonds is 3. The van der Waals surface area contributed by atoms with Crippen LogP contribution in [0.4, 0.5) is 5.69 Å². The quantitative estimate of drug-likeness (QED) is 0.879. The Hall–Kier alpha value is -2.43. The number of phenols is 1. The lowest BCUT2D eigenvalue weighted by Gasteiger charge is -2.18. The number of nitrogens with two attached hydrogens (primary N) is 1. The number of carbonyl (C=O) groups is 1. The number of aryl methyl sites for hydroxylation is 1. The molecule has 0 saturated heterocycles. The van der Waals surface area contributed by atoms with Crippen molar-refractivity contribution >= 4 is 11.6 Å². The van der Waals surface area contributed by atoms with Gasteiger partial charge in [-0.2, -0.15) is 0 Å². The number of amides is 1. The molecule has 19 heavy (non-hydrogen) atoms. The summed E-state index contributed by atoms with van der Waals surface area (Å²) >= 11 is 0. The van der Waals surface area contributed by atoms with E-state index < -0.39 is 0 Å². The molecular weight excluding hydrogens is 242 g/mol. The maximum Gasteiger partial charge on any atom is 0.270 e. The van der Waals surface area contributed by atoms with Gasteiger partial charge < -0.3 is 20.3 Å². The van der Waals surface area contributed by atoms with E-state index in [4.69, 9.17) is 5.73 Å². The standard InChI is InChI=1S/C14H17N3O2/c1-16-9-11(15)7-12(16)14(19)17(2)8-10-5-3-4-6-13(10)18/h3-7,9,18H,8,15H2,1-2H3. The number of nitrogen functional groups attached to an aromatic ring is 1. The minimum atomic E-state index is -0.137. The Morgan fingerprint density at radius 1 is 1.42 bits per heavy atom. The van der Waals surface area contributed by atoms with Crippen LogP contribution in [0, 0.1) is 0 Å². The fourth-order valence-corrected chi connectivity index (χ4v) is 1.97. The van der Waals surface area contributed by atoms with Gasteiger partial charge in [-0.3, -0.25) is 4.79 Å². The largest absolute Gasteiger partial charge is 0.508 e. The van der Waals surface area contributed by atoms with Gasteiger partial charge in [0.15, 0.2) is 0 Å².